The molecule has 130 valence electrons. The summed E-state index contributed by atoms with van der Waals surface area (Å²) in [4.78, 5) is 12.8. The Kier molecular flexibility index (Phi) is 5.76. The SMILES string of the molecule is CCc1ccc(N[C@@H]2NC(=O)/C(=C/c3cc(Br)cc(Br)c3O)S2)cc1. The van der Waals surface area contributed by atoms with Crippen LogP contribution in [0.15, 0.2) is 50.2 Å². The number of phenolic OH excluding ortho intramolecular Hbond substituents is 1. The number of hydrogen-bond acceptors (Lipinski definition) is 4. The molecule has 1 amide bonds. The van der Waals surface area contributed by atoms with Crippen molar-refractivity contribution in [3.05, 3.63) is 61.4 Å². The first-order valence-corrected chi connectivity index (χ1v) is 10.2. The van der Waals surface area contributed by atoms with E-state index in [0.29, 0.717) is 14.9 Å². The van der Waals surface area contributed by atoms with Crippen molar-refractivity contribution >= 4 is 61.3 Å². The largest absolute Gasteiger partial charge is 0.506 e. The second kappa shape index (κ2) is 7.85. The quantitative estimate of drug-likeness (QED) is 0.530. The zero-order valence-electron chi connectivity index (χ0n) is 13.3. The number of amides is 1. The van der Waals surface area contributed by atoms with Gasteiger partial charge >= 0.3 is 0 Å². The van der Waals surface area contributed by atoms with Crippen molar-refractivity contribution in [1.29, 1.82) is 0 Å². The third-order valence-corrected chi connectivity index (χ3v) is 5.83. The number of carbonyl (C=O) groups excluding carboxylic acids is 1. The van der Waals surface area contributed by atoms with Crippen LogP contribution in [-0.4, -0.2) is 16.5 Å². The van der Waals surface area contributed by atoms with Gasteiger partial charge in [0.1, 0.15) is 5.75 Å². The number of phenols is 1. The van der Waals surface area contributed by atoms with Crippen molar-refractivity contribution in [2.75, 3.05) is 5.32 Å². The van der Waals surface area contributed by atoms with E-state index in [1.54, 1.807) is 18.2 Å². The smallest absolute Gasteiger partial charge is 0.260 e. The molecule has 0 radical (unpaired) electrons. The second-order valence-corrected chi connectivity index (χ2v) is 8.42. The third kappa shape index (κ3) is 4.40. The minimum atomic E-state index is -0.246. The van der Waals surface area contributed by atoms with Crippen LogP contribution < -0.4 is 10.6 Å². The lowest BCUT2D eigenvalue weighted by molar-refractivity contribution is -0.116. The minimum absolute atomic E-state index is 0.107. The first-order valence-electron chi connectivity index (χ1n) is 7.69. The van der Waals surface area contributed by atoms with E-state index in [2.05, 4.69) is 61.5 Å². The van der Waals surface area contributed by atoms with E-state index in [-0.39, 0.29) is 17.2 Å². The molecule has 1 aliphatic rings. The van der Waals surface area contributed by atoms with Crippen molar-refractivity contribution in [3.63, 3.8) is 0 Å². The third-order valence-electron chi connectivity index (χ3n) is 3.74. The molecule has 2 aromatic rings. The number of thioether (sulfide) groups is 1. The molecule has 0 bridgehead atoms. The Labute approximate surface area is 167 Å². The monoisotopic (exact) mass is 482 g/mol. The van der Waals surface area contributed by atoms with Gasteiger partial charge in [-0.1, -0.05) is 46.7 Å². The van der Waals surface area contributed by atoms with E-state index < -0.39 is 0 Å². The number of nitrogens with one attached hydrogen (secondary N) is 2. The maximum absolute atomic E-state index is 12.2. The first kappa shape index (κ1) is 18.4. The molecular weight excluding hydrogens is 468 g/mol. The van der Waals surface area contributed by atoms with Crippen LogP contribution in [0.1, 0.15) is 18.1 Å². The predicted octanol–water partition coefficient (Wildman–Crippen LogP) is 5.08. The molecule has 7 heteroatoms. The molecule has 3 rings (SSSR count). The minimum Gasteiger partial charge on any atom is -0.506 e. The van der Waals surface area contributed by atoms with Crippen molar-refractivity contribution in [2.24, 2.45) is 0 Å². The summed E-state index contributed by atoms with van der Waals surface area (Å²) in [6.07, 6.45) is 2.68. The van der Waals surface area contributed by atoms with Gasteiger partial charge in [0.05, 0.1) is 9.38 Å². The molecule has 1 saturated heterocycles. The normalized spacial score (nSPS) is 18.4. The number of rotatable bonds is 4. The Morgan fingerprint density at radius 3 is 2.68 bits per heavy atom. The van der Waals surface area contributed by atoms with Gasteiger partial charge in [0.2, 0.25) is 0 Å². The maximum atomic E-state index is 12.2. The average molecular weight is 484 g/mol. The number of benzene rings is 2. The number of halogens is 2. The van der Waals surface area contributed by atoms with Crippen molar-refractivity contribution < 1.29 is 9.90 Å². The van der Waals surface area contributed by atoms with Crippen LogP contribution in [-0.2, 0) is 11.2 Å². The fourth-order valence-corrected chi connectivity index (χ4v) is 4.62. The van der Waals surface area contributed by atoms with Crippen LogP contribution in [0.4, 0.5) is 5.69 Å². The fraction of sp³-hybridized carbons (Fsp3) is 0.167. The molecule has 0 spiro atoms. The lowest BCUT2D eigenvalue weighted by Gasteiger charge is -2.12. The van der Waals surface area contributed by atoms with Gasteiger partial charge in [-0.05, 0) is 58.3 Å². The number of aryl methyl sites for hydroxylation is 1. The molecule has 1 aliphatic heterocycles. The Morgan fingerprint density at radius 2 is 2.00 bits per heavy atom. The van der Waals surface area contributed by atoms with E-state index in [9.17, 15) is 9.90 Å². The number of anilines is 1. The van der Waals surface area contributed by atoms with Crippen molar-refractivity contribution in [1.82, 2.24) is 5.32 Å². The highest BCUT2D eigenvalue weighted by Crippen LogP contribution is 2.36. The Hall–Kier alpha value is -1.44. The van der Waals surface area contributed by atoms with E-state index >= 15 is 0 Å². The Morgan fingerprint density at radius 1 is 1.28 bits per heavy atom. The summed E-state index contributed by atoms with van der Waals surface area (Å²) in [5.74, 6) is -0.0566. The highest BCUT2D eigenvalue weighted by atomic mass is 79.9. The zero-order valence-corrected chi connectivity index (χ0v) is 17.3. The average Bonchev–Trinajstić information content (AvgIpc) is 2.92. The van der Waals surface area contributed by atoms with E-state index in [1.165, 1.54) is 17.3 Å². The molecule has 0 unspecified atom stereocenters. The van der Waals surface area contributed by atoms with E-state index in [0.717, 1.165) is 16.6 Å². The summed E-state index contributed by atoms with van der Waals surface area (Å²) in [5.41, 5.74) is 2.55. The lowest BCUT2D eigenvalue weighted by atomic mass is 10.1. The molecule has 0 aliphatic carbocycles. The van der Waals surface area contributed by atoms with Gasteiger partial charge in [-0.3, -0.25) is 4.79 Å². The van der Waals surface area contributed by atoms with E-state index in [4.69, 9.17) is 0 Å². The molecule has 3 N–H and O–H groups in total. The predicted molar refractivity (Wildman–Crippen MR) is 110 cm³/mol. The van der Waals surface area contributed by atoms with E-state index in [1.807, 2.05) is 12.1 Å². The first-order chi connectivity index (χ1) is 12.0. The Bertz CT molecular complexity index is 838. The van der Waals surface area contributed by atoms with Gasteiger partial charge < -0.3 is 15.7 Å². The summed E-state index contributed by atoms with van der Waals surface area (Å²) >= 11 is 8.08. The fourth-order valence-electron chi connectivity index (χ4n) is 2.39. The van der Waals surface area contributed by atoms with Crippen LogP contribution in [0.3, 0.4) is 0 Å². The summed E-state index contributed by atoms with van der Waals surface area (Å²) in [7, 11) is 0. The lowest BCUT2D eigenvalue weighted by Crippen LogP contribution is -2.30. The molecule has 1 fully saturated rings. The van der Waals surface area contributed by atoms with Crippen LogP contribution >= 0.6 is 43.6 Å². The zero-order chi connectivity index (χ0) is 18.0. The molecule has 25 heavy (non-hydrogen) atoms. The van der Waals surface area contributed by atoms with Crippen LogP contribution in [0.5, 0.6) is 5.75 Å². The Balaban J connectivity index is 1.76. The summed E-state index contributed by atoms with van der Waals surface area (Å²) < 4.78 is 1.39. The standard InChI is InChI=1S/C18H16Br2N2O2S/c1-2-10-3-5-13(6-4-10)21-18-22-17(24)15(25-18)8-11-7-12(19)9-14(20)16(11)23/h3-9,18,21,23H,2H2,1H3,(H,22,24)/b15-8-/t18-/m1/s1. The van der Waals surface area contributed by atoms with Crippen LogP contribution in [0, 0.1) is 0 Å². The van der Waals surface area contributed by atoms with Gasteiger partial charge in [0.15, 0.2) is 5.50 Å². The highest BCUT2D eigenvalue weighted by Gasteiger charge is 2.27. The summed E-state index contributed by atoms with van der Waals surface area (Å²) in [6, 6.07) is 11.7. The second-order valence-electron chi connectivity index (χ2n) is 5.50. The van der Waals surface area contributed by atoms with Crippen LogP contribution in [0.25, 0.3) is 6.08 Å². The van der Waals surface area contributed by atoms with Gasteiger partial charge in [0, 0.05) is 15.7 Å². The molecule has 4 nitrogen and oxygen atoms in total. The van der Waals surface area contributed by atoms with Crippen LogP contribution in [0.2, 0.25) is 0 Å². The van der Waals surface area contributed by atoms with Gasteiger partial charge in [-0.2, -0.15) is 0 Å². The van der Waals surface area contributed by atoms with Gasteiger partial charge in [-0.15, -0.1) is 0 Å². The number of aromatic hydroxyl groups is 1. The molecule has 2 aromatic carbocycles. The topological polar surface area (TPSA) is 61.4 Å². The van der Waals surface area contributed by atoms with Gasteiger partial charge in [0.25, 0.3) is 5.91 Å². The van der Waals surface area contributed by atoms with Crippen molar-refractivity contribution in [3.8, 4) is 5.75 Å². The molecule has 0 saturated carbocycles. The highest BCUT2D eigenvalue weighted by molar-refractivity contribution is 9.11. The molecule has 0 aromatic heterocycles. The molecular formula is C18H16Br2N2O2S. The molecule has 1 atom stereocenters. The summed E-state index contributed by atoms with van der Waals surface area (Å²) in [6.45, 7) is 2.11. The summed E-state index contributed by atoms with van der Waals surface area (Å²) in [5, 5.41) is 16.3. The van der Waals surface area contributed by atoms with Crippen molar-refractivity contribution in [2.45, 2.75) is 18.8 Å². The maximum Gasteiger partial charge on any atom is 0.260 e. The molecule has 1 heterocycles. The van der Waals surface area contributed by atoms with Gasteiger partial charge in [-0.25, -0.2) is 0 Å². The number of carbonyl (C=O) groups is 1. The number of hydrogen-bond donors (Lipinski definition) is 3.